The number of rotatable bonds is 12. The fourth-order valence-electron chi connectivity index (χ4n) is 3.71. The van der Waals surface area contributed by atoms with Crippen molar-refractivity contribution in [1.29, 1.82) is 0 Å². The molecular formula is C28H36N4O3. The lowest BCUT2D eigenvalue weighted by atomic mass is 10.0. The predicted octanol–water partition coefficient (Wildman–Crippen LogP) is 5.11. The van der Waals surface area contributed by atoms with Gasteiger partial charge in [-0.3, -0.25) is 9.59 Å². The van der Waals surface area contributed by atoms with E-state index in [1.165, 1.54) is 5.56 Å². The molecular weight excluding hydrogens is 440 g/mol. The predicted molar refractivity (Wildman–Crippen MR) is 140 cm³/mol. The van der Waals surface area contributed by atoms with Crippen molar-refractivity contribution in [3.63, 3.8) is 0 Å². The third-order valence-corrected chi connectivity index (χ3v) is 6.02. The van der Waals surface area contributed by atoms with Crippen LogP contribution in [0.25, 0.3) is 11.3 Å². The van der Waals surface area contributed by atoms with Crippen molar-refractivity contribution in [2.24, 2.45) is 0 Å². The van der Waals surface area contributed by atoms with Crippen LogP contribution in [0.3, 0.4) is 0 Å². The van der Waals surface area contributed by atoms with E-state index in [4.69, 9.17) is 4.42 Å². The van der Waals surface area contributed by atoms with Crippen LogP contribution in [0.5, 0.6) is 0 Å². The lowest BCUT2D eigenvalue weighted by molar-refractivity contribution is -0.116. The van der Waals surface area contributed by atoms with E-state index < -0.39 is 0 Å². The Hall–Kier alpha value is -3.45. The van der Waals surface area contributed by atoms with E-state index >= 15 is 0 Å². The second-order valence-electron chi connectivity index (χ2n) is 8.80. The SMILES string of the molecule is CCN(CC)CCNC(=O)c1ccc(NC(=O)CCc2ncc(-c3ccc(C(C)C)cc3)o2)cc1. The Morgan fingerprint density at radius 1 is 1.00 bits per heavy atom. The maximum absolute atomic E-state index is 12.4. The Labute approximate surface area is 207 Å². The molecule has 0 saturated heterocycles. The monoisotopic (exact) mass is 476 g/mol. The smallest absolute Gasteiger partial charge is 0.251 e. The summed E-state index contributed by atoms with van der Waals surface area (Å²) in [4.78, 5) is 31.3. The van der Waals surface area contributed by atoms with E-state index in [0.29, 0.717) is 41.8 Å². The molecule has 0 unspecified atom stereocenters. The first-order valence-electron chi connectivity index (χ1n) is 12.3. The average Bonchev–Trinajstić information content (AvgIpc) is 3.35. The third kappa shape index (κ3) is 7.79. The Morgan fingerprint density at radius 3 is 2.31 bits per heavy atom. The lowest BCUT2D eigenvalue weighted by Crippen LogP contribution is -2.34. The molecule has 1 heterocycles. The summed E-state index contributed by atoms with van der Waals surface area (Å²) in [7, 11) is 0. The van der Waals surface area contributed by atoms with Gasteiger partial charge in [0.2, 0.25) is 5.91 Å². The summed E-state index contributed by atoms with van der Waals surface area (Å²) in [5, 5.41) is 5.79. The van der Waals surface area contributed by atoms with Crippen LogP contribution in [0.4, 0.5) is 5.69 Å². The molecule has 3 aromatic rings. The number of likely N-dealkylation sites (N-methyl/N-ethyl adjacent to an activating group) is 1. The number of benzene rings is 2. The Morgan fingerprint density at radius 2 is 1.69 bits per heavy atom. The molecule has 0 radical (unpaired) electrons. The number of oxazole rings is 1. The fourth-order valence-corrected chi connectivity index (χ4v) is 3.71. The highest BCUT2D eigenvalue weighted by atomic mass is 16.4. The van der Waals surface area contributed by atoms with Crippen molar-refractivity contribution < 1.29 is 14.0 Å². The van der Waals surface area contributed by atoms with Crippen LogP contribution in [0.15, 0.2) is 59.1 Å². The summed E-state index contributed by atoms with van der Waals surface area (Å²) in [6.07, 6.45) is 2.35. The molecule has 2 aromatic carbocycles. The van der Waals surface area contributed by atoms with E-state index in [1.54, 1.807) is 30.5 Å². The molecule has 186 valence electrons. The van der Waals surface area contributed by atoms with Gasteiger partial charge < -0.3 is 20.0 Å². The van der Waals surface area contributed by atoms with E-state index in [9.17, 15) is 9.59 Å². The summed E-state index contributed by atoms with van der Waals surface area (Å²) in [6, 6.07) is 15.2. The first-order valence-corrected chi connectivity index (χ1v) is 12.3. The van der Waals surface area contributed by atoms with Crippen molar-refractivity contribution in [2.75, 3.05) is 31.5 Å². The first kappa shape index (κ1) is 26.2. The zero-order valence-corrected chi connectivity index (χ0v) is 21.1. The zero-order chi connectivity index (χ0) is 25.2. The maximum Gasteiger partial charge on any atom is 0.251 e. The van der Waals surface area contributed by atoms with Gasteiger partial charge in [-0.15, -0.1) is 0 Å². The first-order chi connectivity index (χ1) is 16.9. The Kier molecular flexibility index (Phi) is 9.61. The van der Waals surface area contributed by atoms with Gasteiger partial charge >= 0.3 is 0 Å². The van der Waals surface area contributed by atoms with E-state index in [1.807, 2.05) is 12.1 Å². The van der Waals surface area contributed by atoms with Crippen LogP contribution in [-0.4, -0.2) is 47.9 Å². The highest BCUT2D eigenvalue weighted by Crippen LogP contribution is 2.24. The summed E-state index contributed by atoms with van der Waals surface area (Å²) in [6.45, 7) is 11.9. The molecule has 0 bridgehead atoms. The zero-order valence-electron chi connectivity index (χ0n) is 21.1. The van der Waals surface area contributed by atoms with Gasteiger partial charge in [0.25, 0.3) is 5.91 Å². The van der Waals surface area contributed by atoms with Crippen LogP contribution in [0.1, 0.15) is 61.8 Å². The van der Waals surface area contributed by atoms with Gasteiger partial charge in [-0.1, -0.05) is 52.0 Å². The van der Waals surface area contributed by atoms with E-state index in [2.05, 4.69) is 60.3 Å². The number of nitrogens with zero attached hydrogens (tertiary/aromatic N) is 2. The third-order valence-electron chi connectivity index (χ3n) is 6.02. The topological polar surface area (TPSA) is 87.5 Å². The maximum atomic E-state index is 12.4. The minimum atomic E-state index is -0.137. The minimum Gasteiger partial charge on any atom is -0.441 e. The van der Waals surface area contributed by atoms with Gasteiger partial charge in [0.15, 0.2) is 11.7 Å². The molecule has 1 aromatic heterocycles. The van der Waals surface area contributed by atoms with Crippen molar-refractivity contribution in [3.8, 4) is 11.3 Å². The lowest BCUT2D eigenvalue weighted by Gasteiger charge is -2.17. The number of hydrogen-bond acceptors (Lipinski definition) is 5. The number of hydrogen-bond donors (Lipinski definition) is 2. The van der Waals surface area contributed by atoms with Gasteiger partial charge in [0.05, 0.1) is 6.20 Å². The molecule has 0 aliphatic carbocycles. The van der Waals surface area contributed by atoms with Crippen molar-refractivity contribution >= 4 is 17.5 Å². The van der Waals surface area contributed by atoms with Crippen molar-refractivity contribution in [2.45, 2.75) is 46.5 Å². The molecule has 7 heteroatoms. The van der Waals surface area contributed by atoms with Crippen LogP contribution < -0.4 is 10.6 Å². The average molecular weight is 477 g/mol. The number of nitrogens with one attached hydrogen (secondary N) is 2. The molecule has 0 saturated carbocycles. The van der Waals surface area contributed by atoms with Gasteiger partial charge in [-0.05, 0) is 48.8 Å². The number of anilines is 1. The molecule has 35 heavy (non-hydrogen) atoms. The number of carbonyl (C=O) groups is 2. The van der Waals surface area contributed by atoms with Gasteiger partial charge in [-0.25, -0.2) is 4.98 Å². The van der Waals surface area contributed by atoms with Gasteiger partial charge in [-0.2, -0.15) is 0 Å². The minimum absolute atomic E-state index is 0.117. The second kappa shape index (κ2) is 12.9. The fraction of sp³-hybridized carbons (Fsp3) is 0.393. The Bertz CT molecular complexity index is 1080. The Balaban J connectivity index is 1.45. The molecule has 0 aliphatic rings. The largest absolute Gasteiger partial charge is 0.441 e. The number of aromatic nitrogens is 1. The van der Waals surface area contributed by atoms with E-state index in [-0.39, 0.29) is 18.2 Å². The standard InChI is InChI=1S/C28H36N4O3/c1-5-32(6-2)18-17-29-28(34)23-11-13-24(14-12-23)31-26(33)15-16-27-30-19-25(35-27)22-9-7-21(8-10-22)20(3)4/h7-14,19-20H,5-6,15-18H2,1-4H3,(H,29,34)(H,31,33). The molecule has 0 spiro atoms. The molecule has 2 N–H and O–H groups in total. The molecule has 7 nitrogen and oxygen atoms in total. The molecule has 0 fully saturated rings. The molecule has 3 rings (SSSR count). The van der Waals surface area contributed by atoms with Crippen molar-refractivity contribution in [3.05, 3.63) is 71.7 Å². The molecule has 0 atom stereocenters. The molecule has 0 aliphatic heterocycles. The van der Waals surface area contributed by atoms with E-state index in [0.717, 1.165) is 25.2 Å². The summed E-state index contributed by atoms with van der Waals surface area (Å²) in [5.41, 5.74) is 3.45. The number of carbonyl (C=O) groups excluding carboxylic acids is 2. The van der Waals surface area contributed by atoms with Crippen LogP contribution in [-0.2, 0) is 11.2 Å². The van der Waals surface area contributed by atoms with Gasteiger partial charge in [0.1, 0.15) is 0 Å². The highest BCUT2D eigenvalue weighted by molar-refractivity contribution is 5.95. The second-order valence-corrected chi connectivity index (χ2v) is 8.80. The normalized spacial score (nSPS) is 11.1. The van der Waals surface area contributed by atoms with Crippen LogP contribution in [0, 0.1) is 0 Å². The molecule has 2 amide bonds. The van der Waals surface area contributed by atoms with Crippen LogP contribution in [0.2, 0.25) is 0 Å². The van der Waals surface area contributed by atoms with Gasteiger partial charge in [0, 0.05) is 42.7 Å². The summed E-state index contributed by atoms with van der Waals surface area (Å²) >= 11 is 0. The van der Waals surface area contributed by atoms with Crippen LogP contribution >= 0.6 is 0 Å². The van der Waals surface area contributed by atoms with Crippen molar-refractivity contribution in [1.82, 2.24) is 15.2 Å². The summed E-state index contributed by atoms with van der Waals surface area (Å²) < 4.78 is 5.84. The highest BCUT2D eigenvalue weighted by Gasteiger charge is 2.11. The number of aryl methyl sites for hydroxylation is 1. The number of amides is 2. The summed E-state index contributed by atoms with van der Waals surface area (Å²) in [5.74, 6) is 1.45. The quantitative estimate of drug-likeness (QED) is 0.379.